The lowest BCUT2D eigenvalue weighted by atomic mass is 9.90. The Morgan fingerprint density at radius 2 is 2.23 bits per heavy atom. The molecule has 0 saturated heterocycles. The maximum atomic E-state index is 6.07. The molecule has 1 aliphatic carbocycles. The Morgan fingerprint density at radius 3 is 3.00 bits per heavy atom. The van der Waals surface area contributed by atoms with E-state index in [1.165, 1.54) is 24.0 Å². The minimum Gasteiger partial charge on any atom is -0.370 e. The summed E-state index contributed by atoms with van der Waals surface area (Å²) in [4.78, 5) is 4.34. The highest BCUT2D eigenvalue weighted by atomic mass is 35.5. The number of aryl methyl sites for hydroxylation is 2. The number of benzene rings is 1. The van der Waals surface area contributed by atoms with Gasteiger partial charge in [-0.15, -0.1) is 0 Å². The van der Waals surface area contributed by atoms with E-state index in [0.29, 0.717) is 17.5 Å². The molecule has 0 aliphatic heterocycles. The van der Waals surface area contributed by atoms with Crippen LogP contribution < -0.4 is 11.1 Å². The molecule has 0 unspecified atom stereocenters. The first-order valence-corrected chi connectivity index (χ1v) is 7.87. The van der Waals surface area contributed by atoms with Crippen molar-refractivity contribution in [3.05, 3.63) is 46.2 Å². The zero-order valence-electron chi connectivity index (χ0n) is 12.6. The van der Waals surface area contributed by atoms with Gasteiger partial charge in [-0.05, 0) is 42.9 Å². The average molecular weight is 318 g/mol. The van der Waals surface area contributed by atoms with Crippen LogP contribution in [0.5, 0.6) is 0 Å². The summed E-state index contributed by atoms with van der Waals surface area (Å²) in [5, 5.41) is 8.08. The van der Waals surface area contributed by atoms with E-state index in [0.717, 1.165) is 24.2 Å². The molecule has 1 aromatic heterocycles. The van der Waals surface area contributed by atoms with Crippen molar-refractivity contribution in [2.75, 3.05) is 5.32 Å². The van der Waals surface area contributed by atoms with Crippen LogP contribution in [0.1, 0.15) is 29.7 Å². The van der Waals surface area contributed by atoms with Crippen LogP contribution in [0.4, 0.5) is 5.69 Å². The number of hydrogen-bond acceptors (Lipinski definition) is 2. The predicted molar refractivity (Wildman–Crippen MR) is 90.3 cm³/mol. The van der Waals surface area contributed by atoms with Crippen LogP contribution >= 0.6 is 11.6 Å². The molecule has 0 bridgehead atoms. The van der Waals surface area contributed by atoms with Crippen molar-refractivity contribution in [1.82, 2.24) is 9.78 Å². The summed E-state index contributed by atoms with van der Waals surface area (Å²) in [5.41, 5.74) is 10.6. The molecule has 1 aliphatic rings. The van der Waals surface area contributed by atoms with Gasteiger partial charge >= 0.3 is 0 Å². The van der Waals surface area contributed by atoms with Gasteiger partial charge in [0.15, 0.2) is 5.96 Å². The maximum Gasteiger partial charge on any atom is 0.193 e. The fourth-order valence-corrected chi connectivity index (χ4v) is 3.09. The number of nitrogens with one attached hydrogen (secondary N) is 1. The fourth-order valence-electron chi connectivity index (χ4n) is 2.85. The number of aliphatic imine (C=N–C) groups is 1. The number of hydrogen-bond donors (Lipinski definition) is 2. The lowest BCUT2D eigenvalue weighted by molar-refractivity contribution is 0.687. The van der Waals surface area contributed by atoms with Gasteiger partial charge in [-0.2, -0.15) is 5.10 Å². The minimum atomic E-state index is 0.369. The van der Waals surface area contributed by atoms with Crippen molar-refractivity contribution in [1.29, 1.82) is 0 Å². The molecular weight excluding hydrogens is 298 g/mol. The second-order valence-electron chi connectivity index (χ2n) is 5.57. The summed E-state index contributed by atoms with van der Waals surface area (Å²) in [5.74, 6) is 0.390. The number of fused-ring (bicyclic) bond motifs is 1. The average Bonchev–Trinajstić information content (AvgIpc) is 2.83. The predicted octanol–water partition coefficient (Wildman–Crippen LogP) is 2.88. The molecule has 0 amide bonds. The van der Waals surface area contributed by atoms with Crippen molar-refractivity contribution < 1.29 is 0 Å². The van der Waals surface area contributed by atoms with Gasteiger partial charge in [0.1, 0.15) is 5.69 Å². The van der Waals surface area contributed by atoms with Gasteiger partial charge in [0.05, 0.1) is 11.6 Å². The van der Waals surface area contributed by atoms with E-state index in [9.17, 15) is 0 Å². The zero-order valence-corrected chi connectivity index (χ0v) is 13.4. The molecule has 6 heteroatoms. The van der Waals surface area contributed by atoms with Crippen LogP contribution in [0.25, 0.3) is 0 Å². The Kier molecular flexibility index (Phi) is 4.34. The zero-order chi connectivity index (χ0) is 15.5. The molecule has 0 radical (unpaired) electrons. The smallest absolute Gasteiger partial charge is 0.193 e. The van der Waals surface area contributed by atoms with E-state index in [1.807, 2.05) is 7.05 Å². The molecule has 0 spiro atoms. The van der Waals surface area contributed by atoms with E-state index in [2.05, 4.69) is 33.6 Å². The number of halogens is 1. The Balaban J connectivity index is 1.73. The highest BCUT2D eigenvalue weighted by Crippen LogP contribution is 2.27. The largest absolute Gasteiger partial charge is 0.370 e. The quantitative estimate of drug-likeness (QED) is 0.675. The van der Waals surface area contributed by atoms with E-state index < -0.39 is 0 Å². The van der Waals surface area contributed by atoms with Crippen molar-refractivity contribution in [3.63, 3.8) is 0 Å². The molecule has 3 rings (SSSR count). The summed E-state index contributed by atoms with van der Waals surface area (Å²) in [6.07, 6.45) is 6.48. The summed E-state index contributed by atoms with van der Waals surface area (Å²) in [6.45, 7) is 0.369. The first kappa shape index (κ1) is 14.9. The van der Waals surface area contributed by atoms with Crippen LogP contribution in [0.15, 0.2) is 29.4 Å². The molecule has 22 heavy (non-hydrogen) atoms. The Labute approximate surface area is 135 Å². The number of anilines is 1. The van der Waals surface area contributed by atoms with Crippen molar-refractivity contribution >= 4 is 23.2 Å². The number of rotatable bonds is 3. The fraction of sp³-hybridized carbons (Fsp3) is 0.375. The number of guanidine groups is 1. The number of nitrogens with zero attached hydrogens (tertiary/aromatic N) is 3. The maximum absolute atomic E-state index is 6.07. The van der Waals surface area contributed by atoms with Crippen molar-refractivity contribution in [2.45, 2.75) is 32.2 Å². The third-order valence-corrected chi connectivity index (χ3v) is 4.23. The van der Waals surface area contributed by atoms with E-state index in [4.69, 9.17) is 17.3 Å². The summed E-state index contributed by atoms with van der Waals surface area (Å²) in [7, 11) is 1.83. The Hall–Kier alpha value is -2.01. The third-order valence-electron chi connectivity index (χ3n) is 3.91. The lowest BCUT2D eigenvalue weighted by Gasteiger charge is -2.19. The molecule has 1 aromatic carbocycles. The minimum absolute atomic E-state index is 0.369. The number of nitrogens with two attached hydrogens (primary N) is 1. The van der Waals surface area contributed by atoms with Crippen LogP contribution in [-0.2, 0) is 26.4 Å². The van der Waals surface area contributed by atoms with E-state index in [-0.39, 0.29) is 0 Å². The highest BCUT2D eigenvalue weighted by Gasteiger charge is 2.13. The normalized spacial score (nSPS) is 14.7. The van der Waals surface area contributed by atoms with Gasteiger partial charge in [-0.1, -0.05) is 23.7 Å². The van der Waals surface area contributed by atoms with Gasteiger partial charge in [0, 0.05) is 18.9 Å². The molecule has 0 fully saturated rings. The van der Waals surface area contributed by atoms with E-state index in [1.54, 1.807) is 10.9 Å². The monoisotopic (exact) mass is 317 g/mol. The highest BCUT2D eigenvalue weighted by molar-refractivity contribution is 6.31. The molecule has 1 heterocycles. The first-order chi connectivity index (χ1) is 10.6. The van der Waals surface area contributed by atoms with Crippen molar-refractivity contribution in [2.24, 2.45) is 17.8 Å². The van der Waals surface area contributed by atoms with Gasteiger partial charge in [-0.3, -0.25) is 4.68 Å². The summed E-state index contributed by atoms with van der Waals surface area (Å²) >= 11 is 6.07. The lowest BCUT2D eigenvalue weighted by Crippen LogP contribution is -2.24. The van der Waals surface area contributed by atoms with Crippen LogP contribution in [0.3, 0.4) is 0 Å². The van der Waals surface area contributed by atoms with Gasteiger partial charge in [0.25, 0.3) is 0 Å². The summed E-state index contributed by atoms with van der Waals surface area (Å²) in [6, 6.07) is 6.32. The second kappa shape index (κ2) is 6.40. The van der Waals surface area contributed by atoms with Crippen LogP contribution in [0.2, 0.25) is 5.02 Å². The third kappa shape index (κ3) is 3.25. The molecular formula is C16H20ClN5. The van der Waals surface area contributed by atoms with Crippen LogP contribution in [0, 0.1) is 0 Å². The van der Waals surface area contributed by atoms with E-state index >= 15 is 0 Å². The number of aromatic nitrogens is 2. The topological polar surface area (TPSA) is 68.2 Å². The molecule has 0 atom stereocenters. The van der Waals surface area contributed by atoms with Gasteiger partial charge in [0.2, 0.25) is 0 Å². The summed E-state index contributed by atoms with van der Waals surface area (Å²) < 4.78 is 1.67. The second-order valence-corrected chi connectivity index (χ2v) is 5.98. The first-order valence-electron chi connectivity index (χ1n) is 7.49. The molecule has 116 valence electrons. The molecule has 2 aromatic rings. The Bertz CT molecular complexity index is 705. The standard InChI is InChI=1S/C16H20ClN5/c1-22-10-13(17)15(21-22)9-19-16(18)20-14-8-4-6-11-5-2-3-7-12(11)14/h4,6,8,10H,2-3,5,7,9H2,1H3,(H3,18,19,20). The van der Waals surface area contributed by atoms with Crippen molar-refractivity contribution in [3.8, 4) is 0 Å². The van der Waals surface area contributed by atoms with Gasteiger partial charge < -0.3 is 11.1 Å². The molecule has 0 saturated carbocycles. The Morgan fingerprint density at radius 1 is 1.41 bits per heavy atom. The van der Waals surface area contributed by atoms with Gasteiger partial charge in [-0.25, -0.2) is 4.99 Å². The SMILES string of the molecule is Cn1cc(Cl)c(CN=C(N)Nc2cccc3c2CCCC3)n1. The molecule has 5 nitrogen and oxygen atoms in total. The molecule has 3 N–H and O–H groups in total. The van der Waals surface area contributed by atoms with Crippen LogP contribution in [-0.4, -0.2) is 15.7 Å².